The van der Waals surface area contributed by atoms with E-state index in [-0.39, 0.29) is 11.3 Å². The lowest BCUT2D eigenvalue weighted by molar-refractivity contribution is -0.538. The Labute approximate surface area is 154 Å². The Morgan fingerprint density at radius 1 is 1.14 bits per heavy atom. The van der Waals surface area contributed by atoms with Crippen LogP contribution in [0.5, 0.6) is 5.75 Å². The van der Waals surface area contributed by atoms with E-state index in [9.17, 15) is 28.1 Å². The summed E-state index contributed by atoms with van der Waals surface area (Å²) in [5.74, 6) is -0.486. The van der Waals surface area contributed by atoms with Gasteiger partial charge in [-0.3, -0.25) is 10.1 Å². The highest BCUT2D eigenvalue weighted by Gasteiger charge is 2.32. The molecule has 1 unspecified atom stereocenters. The maximum absolute atomic E-state index is 12.6. The van der Waals surface area contributed by atoms with Gasteiger partial charge in [0.15, 0.2) is 0 Å². The normalized spacial score (nSPS) is 12.6. The second kappa shape index (κ2) is 7.13. The van der Waals surface area contributed by atoms with Crippen LogP contribution in [0.3, 0.4) is 0 Å². The van der Waals surface area contributed by atoms with Crippen molar-refractivity contribution >= 4 is 0 Å². The third-order valence-corrected chi connectivity index (χ3v) is 3.69. The topological polar surface area (TPSA) is 105 Å². The van der Waals surface area contributed by atoms with Gasteiger partial charge in [0.1, 0.15) is 5.75 Å². The predicted octanol–water partition coefficient (Wildman–Crippen LogP) is 2.46. The summed E-state index contributed by atoms with van der Waals surface area (Å²) in [5, 5.41) is 18.7. The van der Waals surface area contributed by atoms with E-state index in [4.69, 9.17) is 0 Å². The summed E-state index contributed by atoms with van der Waals surface area (Å²) in [5.41, 5.74) is 0.128. The number of tetrazole rings is 1. The van der Waals surface area contributed by atoms with Crippen LogP contribution in [0.2, 0.25) is 0 Å². The molecule has 1 heterocycles. The van der Waals surface area contributed by atoms with Gasteiger partial charge < -0.3 is 4.74 Å². The van der Waals surface area contributed by atoms with Crippen molar-refractivity contribution < 1.29 is 22.8 Å². The number of nitrogens with zero attached hydrogens (tertiary/aromatic N) is 5. The quantitative estimate of drug-likeness (QED) is 0.485. The smallest absolute Gasteiger partial charge is 0.406 e. The van der Waals surface area contributed by atoms with E-state index in [1.807, 2.05) is 0 Å². The molecule has 0 aliphatic rings. The molecule has 2 aromatic carbocycles. The number of hydrogen-bond donors (Lipinski definition) is 0. The number of aryl methyl sites for hydroxylation is 1. The van der Waals surface area contributed by atoms with Crippen LogP contribution in [-0.4, -0.2) is 31.1 Å². The first-order valence-corrected chi connectivity index (χ1v) is 7.76. The van der Waals surface area contributed by atoms with Gasteiger partial charge in [-0.15, -0.1) is 17.9 Å². The van der Waals surface area contributed by atoms with Crippen molar-refractivity contribution in [2.75, 3.05) is 0 Å². The van der Waals surface area contributed by atoms with Crippen LogP contribution >= 0.6 is 0 Å². The van der Waals surface area contributed by atoms with Gasteiger partial charge in [-0.2, -0.15) is 4.68 Å². The fourth-order valence-electron chi connectivity index (χ4n) is 2.54. The lowest BCUT2D eigenvalue weighted by Crippen LogP contribution is -2.32. The average Bonchev–Trinajstić information content (AvgIpc) is 2.96. The summed E-state index contributed by atoms with van der Waals surface area (Å²) in [6.45, 7) is 1.74. The Morgan fingerprint density at radius 2 is 1.82 bits per heavy atom. The molecule has 28 heavy (non-hydrogen) atoms. The average molecular weight is 395 g/mol. The molecule has 0 bridgehead atoms. The van der Waals surface area contributed by atoms with Gasteiger partial charge >= 0.3 is 18.2 Å². The van der Waals surface area contributed by atoms with E-state index in [1.54, 1.807) is 25.1 Å². The van der Waals surface area contributed by atoms with Gasteiger partial charge in [-0.25, -0.2) is 4.79 Å². The second-order valence-electron chi connectivity index (χ2n) is 5.73. The van der Waals surface area contributed by atoms with E-state index in [2.05, 4.69) is 15.2 Å². The predicted molar refractivity (Wildman–Crippen MR) is 88.6 cm³/mol. The first kappa shape index (κ1) is 19.1. The molecule has 12 heteroatoms. The third kappa shape index (κ3) is 4.00. The highest BCUT2D eigenvalue weighted by atomic mass is 19.4. The van der Waals surface area contributed by atoms with Crippen LogP contribution in [-0.2, 0) is 0 Å². The van der Waals surface area contributed by atoms with Crippen LogP contribution in [0.15, 0.2) is 53.3 Å². The number of aromatic nitrogens is 4. The standard InChI is InChI=1S/C16H12F3N5O4/c1-10-3-2-4-11(9-10)14(24(26)27)23-15(25)22(20-21-23)12-5-7-13(8-6-12)28-16(17,18)19/h2-9,14H,1H3. The molecular formula is C16H12F3N5O4. The minimum Gasteiger partial charge on any atom is -0.406 e. The maximum Gasteiger partial charge on any atom is 0.573 e. The SMILES string of the molecule is Cc1cccc(C(n2nnn(-c3ccc(OC(F)(F)F)cc3)c2=O)[N+](=O)[O-])c1. The number of rotatable bonds is 5. The third-order valence-electron chi connectivity index (χ3n) is 3.69. The largest absolute Gasteiger partial charge is 0.573 e. The minimum atomic E-state index is -4.85. The first-order chi connectivity index (χ1) is 13.2. The van der Waals surface area contributed by atoms with E-state index >= 15 is 0 Å². The molecule has 1 aromatic heterocycles. The van der Waals surface area contributed by atoms with Gasteiger partial charge in [-0.1, -0.05) is 17.7 Å². The van der Waals surface area contributed by atoms with Gasteiger partial charge in [0.25, 0.3) is 0 Å². The second-order valence-corrected chi connectivity index (χ2v) is 5.73. The fourth-order valence-corrected chi connectivity index (χ4v) is 2.54. The van der Waals surface area contributed by atoms with Gasteiger partial charge in [0.05, 0.1) is 10.6 Å². The summed E-state index contributed by atoms with van der Waals surface area (Å²) in [6.07, 6.45) is -6.46. The van der Waals surface area contributed by atoms with Crippen molar-refractivity contribution in [2.45, 2.75) is 19.5 Å². The van der Waals surface area contributed by atoms with Crippen molar-refractivity contribution in [3.63, 3.8) is 0 Å². The zero-order chi connectivity index (χ0) is 20.5. The maximum atomic E-state index is 12.6. The monoisotopic (exact) mass is 395 g/mol. The van der Waals surface area contributed by atoms with Crippen LogP contribution in [0, 0.1) is 17.0 Å². The van der Waals surface area contributed by atoms with Gasteiger partial charge in [-0.05, 0) is 53.7 Å². The molecule has 0 aliphatic carbocycles. The molecule has 0 amide bonds. The Morgan fingerprint density at radius 3 is 2.39 bits per heavy atom. The van der Waals surface area contributed by atoms with E-state index in [1.165, 1.54) is 6.07 Å². The lowest BCUT2D eigenvalue weighted by atomic mass is 10.1. The van der Waals surface area contributed by atoms with Crippen LogP contribution in [0.1, 0.15) is 17.3 Å². The zero-order valence-corrected chi connectivity index (χ0v) is 14.2. The van der Waals surface area contributed by atoms with Crippen molar-refractivity contribution in [3.05, 3.63) is 80.3 Å². The van der Waals surface area contributed by atoms with Crippen molar-refractivity contribution in [2.24, 2.45) is 0 Å². The zero-order valence-electron chi connectivity index (χ0n) is 14.2. The molecule has 1 atom stereocenters. The molecule has 3 aromatic rings. The summed E-state index contributed by atoms with van der Waals surface area (Å²) >= 11 is 0. The number of halogens is 3. The number of hydrogen-bond acceptors (Lipinski definition) is 6. The van der Waals surface area contributed by atoms with Gasteiger partial charge in [0.2, 0.25) is 0 Å². The lowest BCUT2D eigenvalue weighted by Gasteiger charge is -2.09. The summed E-state index contributed by atoms with van der Waals surface area (Å²) in [7, 11) is 0. The minimum absolute atomic E-state index is 0.0668. The highest BCUT2D eigenvalue weighted by Crippen LogP contribution is 2.23. The van der Waals surface area contributed by atoms with Crippen LogP contribution in [0.4, 0.5) is 13.2 Å². The van der Waals surface area contributed by atoms with E-state index in [0.29, 0.717) is 4.68 Å². The molecule has 0 N–H and O–H groups in total. The molecule has 146 valence electrons. The molecule has 0 spiro atoms. The first-order valence-electron chi connectivity index (χ1n) is 7.76. The summed E-state index contributed by atoms with van der Waals surface area (Å²) in [4.78, 5) is 23.4. The molecule has 0 aliphatic heterocycles. The number of nitro groups is 1. The number of ether oxygens (including phenoxy) is 1. The highest BCUT2D eigenvalue weighted by molar-refractivity contribution is 5.36. The fraction of sp³-hybridized carbons (Fsp3) is 0.188. The molecule has 0 fully saturated rings. The summed E-state index contributed by atoms with van der Waals surface area (Å²) in [6, 6.07) is 10.6. The molecule has 0 saturated carbocycles. The van der Waals surface area contributed by atoms with E-state index in [0.717, 1.165) is 34.5 Å². The van der Waals surface area contributed by atoms with Crippen LogP contribution in [0.25, 0.3) is 5.69 Å². The summed E-state index contributed by atoms with van der Waals surface area (Å²) < 4.78 is 41.7. The Balaban J connectivity index is 1.97. The van der Waals surface area contributed by atoms with Crippen LogP contribution < -0.4 is 10.4 Å². The Kier molecular flexibility index (Phi) is 4.86. The number of alkyl halides is 3. The number of benzene rings is 2. The van der Waals surface area contributed by atoms with Crippen molar-refractivity contribution in [3.8, 4) is 11.4 Å². The molecule has 0 saturated heterocycles. The van der Waals surface area contributed by atoms with Gasteiger partial charge in [0, 0.05) is 5.56 Å². The van der Waals surface area contributed by atoms with Crippen molar-refractivity contribution in [1.29, 1.82) is 0 Å². The molecule has 3 rings (SSSR count). The Bertz CT molecular complexity index is 1060. The molecular weight excluding hydrogens is 383 g/mol. The van der Waals surface area contributed by atoms with E-state index < -0.39 is 28.9 Å². The van der Waals surface area contributed by atoms with Crippen molar-refractivity contribution in [1.82, 2.24) is 19.8 Å². The molecule has 9 nitrogen and oxygen atoms in total. The Hall–Kier alpha value is -3.70. The molecule has 0 radical (unpaired) electrons.